The summed E-state index contributed by atoms with van der Waals surface area (Å²) in [5.74, 6) is 0.682. The van der Waals surface area contributed by atoms with E-state index in [2.05, 4.69) is 14.9 Å². The van der Waals surface area contributed by atoms with Gasteiger partial charge in [0.2, 0.25) is 0 Å². The molecule has 0 bridgehead atoms. The lowest BCUT2D eigenvalue weighted by atomic mass is 10.2. The number of carbonyl (C=O) groups excluding carboxylic acids is 1. The van der Waals surface area contributed by atoms with E-state index < -0.39 is 0 Å². The summed E-state index contributed by atoms with van der Waals surface area (Å²) in [6.45, 7) is 3.27. The molecule has 0 atom stereocenters. The van der Waals surface area contributed by atoms with Gasteiger partial charge in [-0.3, -0.25) is 18.9 Å². The van der Waals surface area contributed by atoms with Crippen molar-refractivity contribution < 1.29 is 9.53 Å². The Morgan fingerprint density at radius 1 is 1.12 bits per heavy atom. The maximum absolute atomic E-state index is 13.0. The van der Waals surface area contributed by atoms with Gasteiger partial charge in [-0.2, -0.15) is 0 Å². The van der Waals surface area contributed by atoms with E-state index in [1.807, 2.05) is 39.9 Å². The molecule has 164 valence electrons. The van der Waals surface area contributed by atoms with Crippen molar-refractivity contribution in [3.63, 3.8) is 0 Å². The predicted molar refractivity (Wildman–Crippen MR) is 125 cm³/mol. The SMILES string of the molecule is COc1ccccc1-c1nc(C(=O)N2CCN(Cc3cc(=O)n4ccsc4n3)CC2)cs1. The van der Waals surface area contributed by atoms with Crippen molar-refractivity contribution in [1.29, 1.82) is 0 Å². The summed E-state index contributed by atoms with van der Waals surface area (Å²) in [7, 11) is 1.63. The van der Waals surface area contributed by atoms with Crippen molar-refractivity contribution in [2.75, 3.05) is 33.3 Å². The minimum absolute atomic E-state index is 0.0570. The smallest absolute Gasteiger partial charge is 0.273 e. The van der Waals surface area contributed by atoms with Crippen LogP contribution in [-0.2, 0) is 6.54 Å². The van der Waals surface area contributed by atoms with Gasteiger partial charge in [0.25, 0.3) is 11.5 Å². The number of aromatic nitrogens is 3. The number of para-hydroxylation sites is 1. The van der Waals surface area contributed by atoms with Crippen LogP contribution in [0.4, 0.5) is 0 Å². The fourth-order valence-corrected chi connectivity index (χ4v) is 5.35. The van der Waals surface area contributed by atoms with Gasteiger partial charge in [0.1, 0.15) is 16.5 Å². The predicted octanol–water partition coefficient (Wildman–Crippen LogP) is 2.85. The minimum Gasteiger partial charge on any atom is -0.496 e. The van der Waals surface area contributed by atoms with Crippen LogP contribution in [-0.4, -0.2) is 63.4 Å². The molecule has 0 aliphatic carbocycles. The van der Waals surface area contributed by atoms with E-state index in [-0.39, 0.29) is 11.5 Å². The van der Waals surface area contributed by atoms with Gasteiger partial charge in [-0.15, -0.1) is 22.7 Å². The highest BCUT2D eigenvalue weighted by Crippen LogP contribution is 2.32. The molecular formula is C22H21N5O3S2. The molecule has 1 aliphatic heterocycles. The monoisotopic (exact) mass is 467 g/mol. The number of hydrogen-bond acceptors (Lipinski definition) is 8. The zero-order chi connectivity index (χ0) is 22.1. The molecule has 32 heavy (non-hydrogen) atoms. The molecule has 4 aromatic rings. The number of nitrogens with zero attached hydrogens (tertiary/aromatic N) is 5. The minimum atomic E-state index is -0.0607. The number of methoxy groups -OCH3 is 1. The zero-order valence-corrected chi connectivity index (χ0v) is 19.1. The summed E-state index contributed by atoms with van der Waals surface area (Å²) in [5, 5.41) is 4.44. The van der Waals surface area contributed by atoms with E-state index in [0.29, 0.717) is 30.3 Å². The molecule has 10 heteroatoms. The number of carbonyl (C=O) groups is 1. The molecule has 0 radical (unpaired) electrons. The first-order chi connectivity index (χ1) is 15.6. The highest BCUT2D eigenvalue weighted by Gasteiger charge is 2.25. The molecule has 8 nitrogen and oxygen atoms in total. The Bertz CT molecular complexity index is 1320. The van der Waals surface area contributed by atoms with Crippen molar-refractivity contribution in [2.24, 2.45) is 0 Å². The van der Waals surface area contributed by atoms with Gasteiger partial charge >= 0.3 is 0 Å². The Morgan fingerprint density at radius 2 is 1.94 bits per heavy atom. The largest absolute Gasteiger partial charge is 0.496 e. The van der Waals surface area contributed by atoms with Gasteiger partial charge in [-0.05, 0) is 12.1 Å². The van der Waals surface area contributed by atoms with Gasteiger partial charge in [-0.25, -0.2) is 9.97 Å². The molecule has 1 aliphatic rings. The summed E-state index contributed by atoms with van der Waals surface area (Å²) < 4.78 is 6.97. The number of amides is 1. The van der Waals surface area contributed by atoms with Crippen LogP contribution < -0.4 is 10.3 Å². The first-order valence-electron chi connectivity index (χ1n) is 10.2. The summed E-state index contributed by atoms with van der Waals surface area (Å²) in [6.07, 6.45) is 1.74. The fraction of sp³-hybridized carbons (Fsp3) is 0.273. The second-order valence-corrected chi connectivity index (χ2v) is 9.18. The van der Waals surface area contributed by atoms with E-state index >= 15 is 0 Å². The van der Waals surface area contributed by atoms with Crippen LogP contribution in [0.15, 0.2) is 52.1 Å². The Hall–Kier alpha value is -3.08. The number of rotatable bonds is 5. The maximum atomic E-state index is 13.0. The van der Waals surface area contributed by atoms with Gasteiger partial charge in [0, 0.05) is 55.7 Å². The zero-order valence-electron chi connectivity index (χ0n) is 17.4. The van der Waals surface area contributed by atoms with Gasteiger partial charge in [0.15, 0.2) is 4.96 Å². The van der Waals surface area contributed by atoms with E-state index in [4.69, 9.17) is 4.74 Å². The second-order valence-electron chi connectivity index (χ2n) is 7.45. The average Bonchev–Trinajstić information content (AvgIpc) is 3.49. The molecule has 1 amide bonds. The molecule has 5 rings (SSSR count). The highest BCUT2D eigenvalue weighted by atomic mass is 32.1. The Balaban J connectivity index is 1.23. The molecule has 1 fully saturated rings. The molecule has 0 unspecified atom stereocenters. The molecule has 1 saturated heterocycles. The third kappa shape index (κ3) is 4.04. The molecule has 1 aromatic carbocycles. The van der Waals surface area contributed by atoms with Crippen LogP contribution >= 0.6 is 22.7 Å². The first kappa shape index (κ1) is 20.8. The van der Waals surface area contributed by atoms with Crippen LogP contribution in [0.1, 0.15) is 16.2 Å². The van der Waals surface area contributed by atoms with Crippen molar-refractivity contribution in [1.82, 2.24) is 24.2 Å². The van der Waals surface area contributed by atoms with Crippen LogP contribution in [0, 0.1) is 0 Å². The van der Waals surface area contributed by atoms with Crippen molar-refractivity contribution in [3.8, 4) is 16.3 Å². The topological polar surface area (TPSA) is 80.0 Å². The summed E-state index contributed by atoms with van der Waals surface area (Å²) in [4.78, 5) is 39.1. The average molecular weight is 468 g/mol. The molecule has 0 spiro atoms. The maximum Gasteiger partial charge on any atom is 0.273 e. The van der Waals surface area contributed by atoms with Crippen LogP contribution in [0.25, 0.3) is 15.5 Å². The number of piperazine rings is 1. The number of hydrogen-bond donors (Lipinski definition) is 0. The fourth-order valence-electron chi connectivity index (χ4n) is 3.79. The quantitative estimate of drug-likeness (QED) is 0.449. The van der Waals surface area contributed by atoms with Crippen molar-refractivity contribution in [2.45, 2.75) is 6.54 Å². The molecule has 0 N–H and O–H groups in total. The molecular weight excluding hydrogens is 446 g/mol. The van der Waals surface area contributed by atoms with Gasteiger partial charge < -0.3 is 9.64 Å². The Kier molecular flexibility index (Phi) is 5.73. The lowest BCUT2D eigenvalue weighted by Gasteiger charge is -2.34. The summed E-state index contributed by atoms with van der Waals surface area (Å²) in [6, 6.07) is 9.26. The van der Waals surface area contributed by atoms with E-state index in [0.717, 1.165) is 35.1 Å². The van der Waals surface area contributed by atoms with Gasteiger partial charge in [-0.1, -0.05) is 12.1 Å². The lowest BCUT2D eigenvalue weighted by Crippen LogP contribution is -2.48. The first-order valence-corrected chi connectivity index (χ1v) is 11.9. The standard InChI is InChI=1S/C22H21N5O3S2/c1-30-18-5-3-2-4-16(18)20-24-17(14-32-20)21(29)26-8-6-25(7-9-26)13-15-12-19(28)27-10-11-31-22(27)23-15/h2-5,10-12,14H,6-9,13H2,1H3. The Labute approximate surface area is 192 Å². The molecule has 4 heterocycles. The third-order valence-corrected chi connectivity index (χ3v) is 7.09. The third-order valence-electron chi connectivity index (χ3n) is 5.46. The van der Waals surface area contributed by atoms with Crippen LogP contribution in [0.2, 0.25) is 0 Å². The van der Waals surface area contributed by atoms with Crippen molar-refractivity contribution in [3.05, 3.63) is 69.0 Å². The number of thiazole rings is 2. The van der Waals surface area contributed by atoms with E-state index in [1.54, 1.807) is 23.8 Å². The van der Waals surface area contributed by atoms with Crippen molar-refractivity contribution >= 4 is 33.5 Å². The molecule has 3 aromatic heterocycles. The Morgan fingerprint density at radius 3 is 2.75 bits per heavy atom. The van der Waals surface area contributed by atoms with Crippen LogP contribution in [0.5, 0.6) is 5.75 Å². The lowest BCUT2D eigenvalue weighted by molar-refractivity contribution is 0.0622. The second kappa shape index (κ2) is 8.81. The van der Waals surface area contributed by atoms with E-state index in [9.17, 15) is 9.59 Å². The normalized spacial score (nSPS) is 14.7. The number of benzene rings is 1. The van der Waals surface area contributed by atoms with Gasteiger partial charge in [0.05, 0.1) is 18.4 Å². The summed E-state index contributed by atoms with van der Waals surface area (Å²) >= 11 is 2.89. The summed E-state index contributed by atoms with van der Waals surface area (Å²) in [5.41, 5.74) is 2.05. The number of ether oxygens (including phenoxy) is 1. The molecule has 0 saturated carbocycles. The van der Waals surface area contributed by atoms with E-state index in [1.165, 1.54) is 22.7 Å². The number of fused-ring (bicyclic) bond motifs is 1. The highest BCUT2D eigenvalue weighted by molar-refractivity contribution is 7.15. The van der Waals surface area contributed by atoms with Crippen LogP contribution in [0.3, 0.4) is 0 Å².